The van der Waals surface area contributed by atoms with Crippen molar-refractivity contribution in [2.24, 2.45) is 10.7 Å². The third-order valence-electron chi connectivity index (χ3n) is 2.85. The maximum absolute atomic E-state index is 11.7. The van der Waals surface area contributed by atoms with Crippen LogP contribution in [0.5, 0.6) is 0 Å². The van der Waals surface area contributed by atoms with Crippen molar-refractivity contribution in [2.45, 2.75) is 38.4 Å². The summed E-state index contributed by atoms with van der Waals surface area (Å²) in [4.78, 5) is 17.5. The normalized spacial score (nSPS) is 24.1. The largest absolute Gasteiger partial charge is 0.370 e. The summed E-state index contributed by atoms with van der Waals surface area (Å²) in [5, 5.41) is 3.01. The number of likely N-dealkylation sites (N-methyl/N-ethyl adjacent to an activating group) is 1. The number of nitrogens with one attached hydrogen (secondary N) is 1. The van der Waals surface area contributed by atoms with Crippen LogP contribution in [0, 0.1) is 0 Å². The van der Waals surface area contributed by atoms with E-state index in [1.807, 2.05) is 0 Å². The van der Waals surface area contributed by atoms with Crippen molar-refractivity contribution in [3.05, 3.63) is 0 Å². The van der Waals surface area contributed by atoms with Gasteiger partial charge in [0.05, 0.1) is 12.6 Å². The average Bonchev–Trinajstić information content (AvgIpc) is 2.81. The first-order valence-corrected chi connectivity index (χ1v) is 6.45. The third kappa shape index (κ3) is 4.52. The molecule has 0 spiro atoms. The second-order valence-electron chi connectivity index (χ2n) is 4.71. The molecule has 0 saturated carbocycles. The van der Waals surface area contributed by atoms with Crippen LogP contribution in [0.3, 0.4) is 0 Å². The van der Waals surface area contributed by atoms with Crippen LogP contribution in [0.15, 0.2) is 4.99 Å². The van der Waals surface area contributed by atoms with Crippen LogP contribution in [-0.2, 0) is 9.53 Å². The lowest BCUT2D eigenvalue weighted by Gasteiger charge is -2.16. The second-order valence-corrected chi connectivity index (χ2v) is 4.71. The van der Waals surface area contributed by atoms with E-state index in [2.05, 4.69) is 17.2 Å². The van der Waals surface area contributed by atoms with Gasteiger partial charge in [0.25, 0.3) is 5.91 Å². The van der Waals surface area contributed by atoms with Gasteiger partial charge in [-0.05, 0) is 19.3 Å². The van der Waals surface area contributed by atoms with Crippen molar-refractivity contribution in [1.29, 1.82) is 0 Å². The fourth-order valence-electron chi connectivity index (χ4n) is 1.82. The molecule has 0 aromatic carbocycles. The van der Waals surface area contributed by atoms with Gasteiger partial charge in [-0.25, -0.2) is 0 Å². The van der Waals surface area contributed by atoms with E-state index >= 15 is 0 Å². The zero-order valence-electron chi connectivity index (χ0n) is 11.5. The lowest BCUT2D eigenvalue weighted by atomic mass is 10.2. The van der Waals surface area contributed by atoms with Gasteiger partial charge in [-0.1, -0.05) is 6.92 Å². The van der Waals surface area contributed by atoms with Crippen molar-refractivity contribution < 1.29 is 9.53 Å². The van der Waals surface area contributed by atoms with Crippen molar-refractivity contribution >= 4 is 11.9 Å². The van der Waals surface area contributed by atoms with E-state index in [0.717, 1.165) is 25.8 Å². The fourth-order valence-corrected chi connectivity index (χ4v) is 1.82. The number of hydrogen-bond donors (Lipinski definition) is 2. The molecule has 1 heterocycles. The summed E-state index contributed by atoms with van der Waals surface area (Å²) in [6, 6.07) is 0. The van der Waals surface area contributed by atoms with Gasteiger partial charge in [-0.3, -0.25) is 9.79 Å². The first kappa shape index (κ1) is 14.8. The summed E-state index contributed by atoms with van der Waals surface area (Å²) in [6.45, 7) is 3.40. The number of ether oxygens (including phenoxy) is 1. The fraction of sp³-hybridized carbons (Fsp3) is 0.833. The Morgan fingerprint density at radius 1 is 1.50 bits per heavy atom. The van der Waals surface area contributed by atoms with Gasteiger partial charge in [0.1, 0.15) is 6.10 Å². The van der Waals surface area contributed by atoms with Gasteiger partial charge < -0.3 is 20.7 Å². The number of hydrogen-bond acceptors (Lipinski definition) is 3. The summed E-state index contributed by atoms with van der Waals surface area (Å²) >= 11 is 0. The number of aliphatic imine (C=N–C) groups is 1. The maximum atomic E-state index is 11.7. The maximum Gasteiger partial charge on any atom is 0.251 e. The number of nitrogens with two attached hydrogens (primary N) is 1. The Kier molecular flexibility index (Phi) is 5.91. The van der Waals surface area contributed by atoms with Gasteiger partial charge in [0, 0.05) is 20.6 Å². The van der Waals surface area contributed by atoms with E-state index < -0.39 is 0 Å². The molecule has 2 atom stereocenters. The van der Waals surface area contributed by atoms with E-state index in [4.69, 9.17) is 10.5 Å². The van der Waals surface area contributed by atoms with Crippen LogP contribution in [0.25, 0.3) is 0 Å². The van der Waals surface area contributed by atoms with Crippen LogP contribution in [0.1, 0.15) is 26.2 Å². The first-order chi connectivity index (χ1) is 8.54. The molecule has 104 valence electrons. The molecule has 0 aromatic rings. The number of amides is 1. The molecule has 0 aromatic heterocycles. The molecule has 0 aliphatic carbocycles. The molecular formula is C12H24N4O2. The second kappa shape index (κ2) is 7.20. The van der Waals surface area contributed by atoms with Crippen LogP contribution < -0.4 is 11.1 Å². The molecule has 1 saturated heterocycles. The van der Waals surface area contributed by atoms with E-state index in [0.29, 0.717) is 12.5 Å². The number of carbonyl (C=O) groups excluding carboxylic acids is 1. The molecule has 1 amide bonds. The number of rotatable bonds is 5. The van der Waals surface area contributed by atoms with Gasteiger partial charge in [-0.2, -0.15) is 0 Å². The van der Waals surface area contributed by atoms with E-state index in [-0.39, 0.29) is 18.1 Å². The SMILES string of the molecule is CCCNC(N)=NCC1CCC(C(=O)N(C)C)O1. The van der Waals surface area contributed by atoms with Crippen molar-refractivity contribution in [3.63, 3.8) is 0 Å². The summed E-state index contributed by atoms with van der Waals surface area (Å²) in [7, 11) is 3.48. The van der Waals surface area contributed by atoms with Crippen molar-refractivity contribution in [1.82, 2.24) is 10.2 Å². The Hall–Kier alpha value is -1.30. The van der Waals surface area contributed by atoms with Gasteiger partial charge in [0.15, 0.2) is 5.96 Å². The third-order valence-corrected chi connectivity index (χ3v) is 2.85. The molecule has 0 radical (unpaired) electrons. The predicted molar refractivity (Wildman–Crippen MR) is 71.4 cm³/mol. The Bertz CT molecular complexity index is 304. The molecule has 3 N–H and O–H groups in total. The molecule has 1 rings (SSSR count). The quantitative estimate of drug-likeness (QED) is 0.533. The minimum atomic E-state index is -0.315. The molecular weight excluding hydrogens is 232 g/mol. The van der Waals surface area contributed by atoms with Crippen LogP contribution in [-0.4, -0.2) is 56.2 Å². The molecule has 6 heteroatoms. The van der Waals surface area contributed by atoms with Crippen LogP contribution >= 0.6 is 0 Å². The number of nitrogens with zero attached hydrogens (tertiary/aromatic N) is 2. The van der Waals surface area contributed by atoms with Crippen LogP contribution in [0.2, 0.25) is 0 Å². The zero-order chi connectivity index (χ0) is 13.5. The first-order valence-electron chi connectivity index (χ1n) is 6.45. The van der Waals surface area contributed by atoms with Crippen molar-refractivity contribution in [2.75, 3.05) is 27.2 Å². The highest BCUT2D eigenvalue weighted by molar-refractivity contribution is 5.80. The lowest BCUT2D eigenvalue weighted by Crippen LogP contribution is -2.35. The Labute approximate surface area is 109 Å². The van der Waals surface area contributed by atoms with Gasteiger partial charge in [0.2, 0.25) is 0 Å². The minimum Gasteiger partial charge on any atom is -0.370 e. The Balaban J connectivity index is 2.32. The molecule has 6 nitrogen and oxygen atoms in total. The predicted octanol–water partition coefficient (Wildman–Crippen LogP) is -0.0635. The standard InChI is InChI=1S/C12H24N4O2/c1-4-7-14-12(13)15-8-9-5-6-10(18-9)11(17)16(2)3/h9-10H,4-8H2,1-3H3,(H3,13,14,15). The summed E-state index contributed by atoms with van der Waals surface area (Å²) < 4.78 is 5.66. The smallest absolute Gasteiger partial charge is 0.251 e. The summed E-state index contributed by atoms with van der Waals surface area (Å²) in [5.74, 6) is 0.474. The molecule has 18 heavy (non-hydrogen) atoms. The topological polar surface area (TPSA) is 79.9 Å². The van der Waals surface area contributed by atoms with Gasteiger partial charge in [-0.15, -0.1) is 0 Å². The highest BCUT2D eigenvalue weighted by Gasteiger charge is 2.31. The molecule has 1 aliphatic rings. The minimum absolute atomic E-state index is 0.000812. The molecule has 1 fully saturated rings. The van der Waals surface area contributed by atoms with Crippen molar-refractivity contribution in [3.8, 4) is 0 Å². The van der Waals surface area contributed by atoms with E-state index in [9.17, 15) is 4.79 Å². The number of guanidine groups is 1. The highest BCUT2D eigenvalue weighted by Crippen LogP contribution is 2.21. The van der Waals surface area contributed by atoms with Crippen LogP contribution in [0.4, 0.5) is 0 Å². The van der Waals surface area contributed by atoms with Gasteiger partial charge >= 0.3 is 0 Å². The lowest BCUT2D eigenvalue weighted by molar-refractivity contribution is -0.140. The molecule has 2 unspecified atom stereocenters. The van der Waals surface area contributed by atoms with E-state index in [1.54, 1.807) is 19.0 Å². The zero-order valence-corrected chi connectivity index (χ0v) is 11.5. The summed E-state index contributed by atoms with van der Waals surface area (Å²) in [5.41, 5.74) is 5.69. The monoisotopic (exact) mass is 256 g/mol. The van der Waals surface area contributed by atoms with E-state index in [1.165, 1.54) is 0 Å². The Morgan fingerprint density at radius 3 is 2.83 bits per heavy atom. The summed E-state index contributed by atoms with van der Waals surface area (Å²) in [6.07, 6.45) is 2.31. The molecule has 0 bridgehead atoms. The Morgan fingerprint density at radius 2 is 2.22 bits per heavy atom. The number of carbonyl (C=O) groups is 1. The average molecular weight is 256 g/mol. The molecule has 1 aliphatic heterocycles. The highest BCUT2D eigenvalue weighted by atomic mass is 16.5.